The molecule has 0 spiro atoms. The number of imidazole rings is 1. The van der Waals surface area contributed by atoms with Crippen molar-refractivity contribution in [2.75, 3.05) is 6.61 Å². The van der Waals surface area contributed by atoms with Crippen LogP contribution in [-0.4, -0.2) is 21.6 Å². The van der Waals surface area contributed by atoms with Gasteiger partial charge in [0.1, 0.15) is 18.1 Å². The van der Waals surface area contributed by atoms with E-state index in [0.29, 0.717) is 0 Å². The van der Waals surface area contributed by atoms with E-state index in [9.17, 15) is 0 Å². The fraction of sp³-hybridized carbons (Fsp3) is 0.0588. The van der Waals surface area contributed by atoms with Crippen molar-refractivity contribution in [1.29, 1.82) is 0 Å². The predicted molar refractivity (Wildman–Crippen MR) is 81.6 cm³/mol. The molecule has 102 valence electrons. The standard InChI is InChI=1S/C17H13N3O/c1-2-11-21-14-8-6-13(7-9-14)16-12-19-17(20-16)15-5-3-4-10-18-15/h1,3-10,12H,11H2,(H,19,20). The SMILES string of the molecule is C#CCOc1ccc(-c2cnc(-c3ccccn3)[nH]2)cc1. The van der Waals surface area contributed by atoms with E-state index in [2.05, 4.69) is 20.9 Å². The zero-order valence-corrected chi connectivity index (χ0v) is 11.3. The second-order valence-electron chi connectivity index (χ2n) is 4.38. The summed E-state index contributed by atoms with van der Waals surface area (Å²) in [4.78, 5) is 11.9. The van der Waals surface area contributed by atoms with Crippen molar-refractivity contribution in [2.24, 2.45) is 0 Å². The van der Waals surface area contributed by atoms with E-state index in [-0.39, 0.29) is 6.61 Å². The summed E-state index contributed by atoms with van der Waals surface area (Å²) in [6, 6.07) is 13.4. The number of hydrogen-bond donors (Lipinski definition) is 1. The lowest BCUT2D eigenvalue weighted by Crippen LogP contribution is -1.92. The Balaban J connectivity index is 1.82. The van der Waals surface area contributed by atoms with Crippen molar-refractivity contribution >= 4 is 0 Å². The van der Waals surface area contributed by atoms with Gasteiger partial charge in [-0.2, -0.15) is 0 Å². The number of aromatic amines is 1. The van der Waals surface area contributed by atoms with Gasteiger partial charge in [-0.15, -0.1) is 6.42 Å². The van der Waals surface area contributed by atoms with Crippen molar-refractivity contribution in [3.8, 4) is 40.9 Å². The molecule has 1 N–H and O–H groups in total. The topological polar surface area (TPSA) is 50.8 Å². The third-order valence-electron chi connectivity index (χ3n) is 2.97. The van der Waals surface area contributed by atoms with Gasteiger partial charge in [0.25, 0.3) is 0 Å². The normalized spacial score (nSPS) is 10.0. The zero-order valence-electron chi connectivity index (χ0n) is 11.3. The van der Waals surface area contributed by atoms with Gasteiger partial charge in [-0.1, -0.05) is 12.0 Å². The highest BCUT2D eigenvalue weighted by atomic mass is 16.5. The molecule has 0 bridgehead atoms. The summed E-state index contributed by atoms with van der Waals surface area (Å²) in [7, 11) is 0. The van der Waals surface area contributed by atoms with Crippen LogP contribution in [-0.2, 0) is 0 Å². The Morgan fingerprint density at radius 3 is 2.67 bits per heavy atom. The van der Waals surface area contributed by atoms with E-state index >= 15 is 0 Å². The summed E-state index contributed by atoms with van der Waals surface area (Å²) in [5, 5.41) is 0. The molecule has 0 fully saturated rings. The van der Waals surface area contributed by atoms with E-state index < -0.39 is 0 Å². The van der Waals surface area contributed by atoms with Crippen LogP contribution in [0.25, 0.3) is 22.8 Å². The molecular formula is C17H13N3O. The van der Waals surface area contributed by atoms with Crippen LogP contribution in [0, 0.1) is 12.3 Å². The summed E-state index contributed by atoms with van der Waals surface area (Å²) in [6.07, 6.45) is 8.70. The number of nitrogens with zero attached hydrogens (tertiary/aromatic N) is 2. The molecule has 0 unspecified atom stereocenters. The Bertz CT molecular complexity index is 755. The van der Waals surface area contributed by atoms with E-state index in [0.717, 1.165) is 28.5 Å². The van der Waals surface area contributed by atoms with Gasteiger partial charge in [0, 0.05) is 6.20 Å². The van der Waals surface area contributed by atoms with E-state index in [1.807, 2.05) is 42.5 Å². The molecular weight excluding hydrogens is 262 g/mol. The molecule has 4 heteroatoms. The van der Waals surface area contributed by atoms with Gasteiger partial charge in [0.05, 0.1) is 11.9 Å². The summed E-state index contributed by atoms with van der Waals surface area (Å²) in [6.45, 7) is 0.271. The van der Waals surface area contributed by atoms with Crippen LogP contribution in [0.1, 0.15) is 0 Å². The zero-order chi connectivity index (χ0) is 14.5. The molecule has 1 aromatic carbocycles. The van der Waals surface area contributed by atoms with Gasteiger partial charge in [-0.3, -0.25) is 4.98 Å². The summed E-state index contributed by atoms with van der Waals surface area (Å²) >= 11 is 0. The molecule has 21 heavy (non-hydrogen) atoms. The maximum absolute atomic E-state index is 5.35. The molecule has 3 rings (SSSR count). The van der Waals surface area contributed by atoms with Crippen LogP contribution in [0.2, 0.25) is 0 Å². The Labute approximate surface area is 122 Å². The lowest BCUT2D eigenvalue weighted by Gasteiger charge is -2.03. The first-order valence-electron chi connectivity index (χ1n) is 6.50. The number of hydrogen-bond acceptors (Lipinski definition) is 3. The van der Waals surface area contributed by atoms with Gasteiger partial charge in [0.15, 0.2) is 5.82 Å². The second kappa shape index (κ2) is 5.93. The van der Waals surface area contributed by atoms with E-state index in [4.69, 9.17) is 11.2 Å². The minimum Gasteiger partial charge on any atom is -0.481 e. The molecule has 0 aliphatic heterocycles. The minimum absolute atomic E-state index is 0.271. The summed E-state index contributed by atoms with van der Waals surface area (Å²) in [5.41, 5.74) is 2.77. The van der Waals surface area contributed by atoms with Gasteiger partial charge in [0.2, 0.25) is 0 Å². The second-order valence-corrected chi connectivity index (χ2v) is 4.38. The fourth-order valence-corrected chi connectivity index (χ4v) is 1.96. The lowest BCUT2D eigenvalue weighted by molar-refractivity contribution is 0.370. The Morgan fingerprint density at radius 1 is 1.10 bits per heavy atom. The number of aromatic nitrogens is 3. The van der Waals surface area contributed by atoms with Gasteiger partial charge >= 0.3 is 0 Å². The molecule has 3 aromatic rings. The highest BCUT2D eigenvalue weighted by Crippen LogP contribution is 2.23. The number of H-pyrrole nitrogens is 1. The number of nitrogens with one attached hydrogen (secondary N) is 1. The first-order valence-corrected chi connectivity index (χ1v) is 6.50. The molecule has 0 saturated carbocycles. The summed E-state index contributed by atoms with van der Waals surface area (Å²) in [5.74, 6) is 3.94. The summed E-state index contributed by atoms with van der Waals surface area (Å²) < 4.78 is 5.35. The average molecular weight is 275 g/mol. The fourth-order valence-electron chi connectivity index (χ4n) is 1.96. The quantitative estimate of drug-likeness (QED) is 0.744. The maximum atomic E-state index is 5.35. The van der Waals surface area contributed by atoms with Crippen molar-refractivity contribution in [2.45, 2.75) is 0 Å². The van der Waals surface area contributed by atoms with Crippen LogP contribution in [0.3, 0.4) is 0 Å². The predicted octanol–water partition coefficient (Wildman–Crippen LogP) is 3.15. The number of pyridine rings is 1. The van der Waals surface area contributed by atoms with Gasteiger partial charge in [-0.05, 0) is 42.0 Å². The van der Waals surface area contributed by atoms with Crippen LogP contribution in [0.4, 0.5) is 0 Å². The van der Waals surface area contributed by atoms with Gasteiger partial charge in [-0.25, -0.2) is 4.98 Å². The van der Waals surface area contributed by atoms with Gasteiger partial charge < -0.3 is 9.72 Å². The van der Waals surface area contributed by atoms with Crippen LogP contribution in [0.15, 0.2) is 54.9 Å². The Morgan fingerprint density at radius 2 is 1.95 bits per heavy atom. The van der Waals surface area contributed by atoms with Crippen LogP contribution in [0.5, 0.6) is 5.75 Å². The maximum Gasteiger partial charge on any atom is 0.156 e. The molecule has 0 aliphatic rings. The van der Waals surface area contributed by atoms with E-state index in [1.54, 1.807) is 12.4 Å². The molecule has 4 nitrogen and oxygen atoms in total. The molecule has 0 saturated heterocycles. The number of rotatable bonds is 4. The van der Waals surface area contributed by atoms with E-state index in [1.165, 1.54) is 0 Å². The molecule has 2 heterocycles. The molecule has 2 aromatic heterocycles. The molecule has 0 atom stereocenters. The monoisotopic (exact) mass is 275 g/mol. The first kappa shape index (κ1) is 12.9. The lowest BCUT2D eigenvalue weighted by atomic mass is 10.2. The Kier molecular flexibility index (Phi) is 3.66. The number of benzene rings is 1. The van der Waals surface area contributed by atoms with Crippen molar-refractivity contribution in [1.82, 2.24) is 15.0 Å². The van der Waals surface area contributed by atoms with Crippen LogP contribution >= 0.6 is 0 Å². The van der Waals surface area contributed by atoms with Crippen molar-refractivity contribution in [3.05, 3.63) is 54.9 Å². The molecule has 0 aliphatic carbocycles. The smallest absolute Gasteiger partial charge is 0.156 e. The number of terminal acetylenes is 1. The first-order chi connectivity index (χ1) is 10.4. The number of ether oxygens (including phenoxy) is 1. The molecule has 0 amide bonds. The Hall–Kier alpha value is -3.06. The third-order valence-corrected chi connectivity index (χ3v) is 2.97. The average Bonchev–Trinajstić information content (AvgIpc) is 3.04. The third kappa shape index (κ3) is 2.93. The van der Waals surface area contributed by atoms with Crippen molar-refractivity contribution < 1.29 is 4.74 Å². The van der Waals surface area contributed by atoms with Crippen molar-refractivity contribution in [3.63, 3.8) is 0 Å². The highest BCUT2D eigenvalue weighted by Gasteiger charge is 2.06. The van der Waals surface area contributed by atoms with Crippen LogP contribution < -0.4 is 4.74 Å². The highest BCUT2D eigenvalue weighted by molar-refractivity contribution is 5.63. The minimum atomic E-state index is 0.271. The largest absolute Gasteiger partial charge is 0.481 e. The molecule has 0 radical (unpaired) electrons.